The number of hydrogen-bond acceptors (Lipinski definition) is 4. The molecule has 0 bridgehead atoms. The van der Waals surface area contributed by atoms with Crippen LogP contribution >= 0.6 is 15.9 Å². The third kappa shape index (κ3) is 3.00. The minimum Gasteiger partial charge on any atom is -0.310 e. The molecule has 0 saturated carbocycles. The van der Waals surface area contributed by atoms with Crippen LogP contribution in [-0.4, -0.2) is 16.2 Å². The van der Waals surface area contributed by atoms with Crippen molar-refractivity contribution in [2.75, 3.05) is 16.1 Å². The average molecular weight is 245 g/mol. The lowest BCUT2D eigenvalue weighted by Gasteiger charge is -2.03. The first-order valence-electron chi connectivity index (χ1n) is 3.55. The number of rotatable bonds is 3. The Morgan fingerprint density at radius 2 is 2.23 bits per heavy atom. The Labute approximate surface area is 83.8 Å². The molecule has 0 aromatic carbocycles. The number of amides is 1. The monoisotopic (exact) mass is 244 g/mol. The first kappa shape index (κ1) is 9.94. The molecule has 5 nitrogen and oxygen atoms in total. The molecule has 0 aliphatic rings. The van der Waals surface area contributed by atoms with Gasteiger partial charge >= 0.3 is 0 Å². The summed E-state index contributed by atoms with van der Waals surface area (Å²) in [5.74, 6) is 5.98. The average Bonchev–Trinajstić information content (AvgIpc) is 2.18. The van der Waals surface area contributed by atoms with Gasteiger partial charge in [0.1, 0.15) is 11.6 Å². The molecule has 1 aromatic rings. The third-order valence-electron chi connectivity index (χ3n) is 1.29. The minimum absolute atomic E-state index is 0.151. The fraction of sp³-hybridized carbons (Fsp3) is 0.143. The number of pyridine rings is 1. The normalized spacial score (nSPS) is 9.38. The van der Waals surface area contributed by atoms with E-state index >= 15 is 0 Å². The molecule has 13 heavy (non-hydrogen) atoms. The van der Waals surface area contributed by atoms with Crippen molar-refractivity contribution in [2.24, 2.45) is 5.84 Å². The molecular weight excluding hydrogens is 236 g/mol. The lowest BCUT2D eigenvalue weighted by atomic mass is 10.4. The Kier molecular flexibility index (Phi) is 3.66. The molecule has 0 fully saturated rings. The van der Waals surface area contributed by atoms with Crippen LogP contribution in [0.1, 0.15) is 0 Å². The first-order valence-corrected chi connectivity index (χ1v) is 4.68. The summed E-state index contributed by atoms with van der Waals surface area (Å²) in [5.41, 5.74) is 2.38. The molecule has 0 spiro atoms. The molecule has 0 aliphatic carbocycles. The van der Waals surface area contributed by atoms with Crippen LogP contribution in [0.4, 0.5) is 11.6 Å². The van der Waals surface area contributed by atoms with Crippen LogP contribution in [-0.2, 0) is 4.79 Å². The van der Waals surface area contributed by atoms with E-state index < -0.39 is 0 Å². The summed E-state index contributed by atoms with van der Waals surface area (Å²) in [4.78, 5) is 14.9. The molecule has 6 heteroatoms. The van der Waals surface area contributed by atoms with Crippen molar-refractivity contribution in [3.8, 4) is 0 Å². The van der Waals surface area contributed by atoms with Crippen LogP contribution in [0, 0.1) is 0 Å². The molecule has 1 heterocycles. The summed E-state index contributed by atoms with van der Waals surface area (Å²) in [5, 5.41) is 2.82. The van der Waals surface area contributed by atoms with E-state index in [-0.39, 0.29) is 11.2 Å². The van der Waals surface area contributed by atoms with Crippen LogP contribution in [0.3, 0.4) is 0 Å². The lowest BCUT2D eigenvalue weighted by molar-refractivity contribution is -0.113. The van der Waals surface area contributed by atoms with Gasteiger partial charge in [0.15, 0.2) is 0 Å². The Morgan fingerprint density at radius 3 is 2.85 bits per heavy atom. The van der Waals surface area contributed by atoms with E-state index in [1.54, 1.807) is 18.2 Å². The number of nitrogens with one attached hydrogen (secondary N) is 2. The molecular formula is C7H9BrN4O. The van der Waals surface area contributed by atoms with Crippen molar-refractivity contribution < 1.29 is 4.79 Å². The summed E-state index contributed by atoms with van der Waals surface area (Å²) < 4.78 is 0. The second-order valence-corrected chi connectivity index (χ2v) is 2.79. The number of nitrogens with zero attached hydrogens (tertiary/aromatic N) is 1. The molecule has 0 radical (unpaired) electrons. The van der Waals surface area contributed by atoms with Gasteiger partial charge in [-0.2, -0.15) is 0 Å². The molecule has 1 aromatic heterocycles. The second-order valence-electron chi connectivity index (χ2n) is 2.23. The second kappa shape index (κ2) is 4.78. The molecule has 0 aliphatic heterocycles. The molecule has 70 valence electrons. The zero-order valence-corrected chi connectivity index (χ0v) is 8.34. The zero-order chi connectivity index (χ0) is 9.68. The molecule has 1 amide bonds. The standard InChI is InChI=1S/C7H9BrN4O/c8-4-7(13)11-5-2-1-3-6(10-5)12-9/h1-3H,4,9H2,(H2,10,11,12,13). The van der Waals surface area contributed by atoms with Gasteiger partial charge in [-0.15, -0.1) is 0 Å². The van der Waals surface area contributed by atoms with Crippen LogP contribution in [0.2, 0.25) is 0 Å². The van der Waals surface area contributed by atoms with Gasteiger partial charge in [0.25, 0.3) is 0 Å². The maximum absolute atomic E-state index is 10.9. The molecule has 0 atom stereocenters. The van der Waals surface area contributed by atoms with Gasteiger partial charge in [-0.25, -0.2) is 10.8 Å². The third-order valence-corrected chi connectivity index (χ3v) is 1.80. The summed E-state index contributed by atoms with van der Waals surface area (Å²) in [6.45, 7) is 0. The number of nitrogens with two attached hydrogens (primary N) is 1. The van der Waals surface area contributed by atoms with E-state index in [1.807, 2.05) is 0 Å². The fourth-order valence-corrected chi connectivity index (χ4v) is 0.901. The number of nitrogen functional groups attached to an aromatic ring is 1. The number of alkyl halides is 1. The number of carbonyl (C=O) groups excluding carboxylic acids is 1. The quantitative estimate of drug-likeness (QED) is 0.416. The van der Waals surface area contributed by atoms with E-state index in [4.69, 9.17) is 5.84 Å². The van der Waals surface area contributed by atoms with Crippen molar-refractivity contribution in [3.05, 3.63) is 18.2 Å². The lowest BCUT2D eigenvalue weighted by Crippen LogP contribution is -2.15. The van der Waals surface area contributed by atoms with E-state index in [0.29, 0.717) is 11.6 Å². The molecule has 0 unspecified atom stereocenters. The summed E-state index contributed by atoms with van der Waals surface area (Å²) >= 11 is 3.03. The van der Waals surface area contributed by atoms with E-state index in [0.717, 1.165) is 0 Å². The SMILES string of the molecule is NNc1cccc(NC(=O)CBr)n1. The van der Waals surface area contributed by atoms with Crippen LogP contribution in [0.25, 0.3) is 0 Å². The van der Waals surface area contributed by atoms with Crippen molar-refractivity contribution in [3.63, 3.8) is 0 Å². The van der Waals surface area contributed by atoms with Gasteiger partial charge in [0.2, 0.25) is 5.91 Å². The highest BCUT2D eigenvalue weighted by Gasteiger charge is 2.00. The molecule has 4 N–H and O–H groups in total. The highest BCUT2D eigenvalue weighted by atomic mass is 79.9. The van der Waals surface area contributed by atoms with Gasteiger partial charge < -0.3 is 10.7 Å². The van der Waals surface area contributed by atoms with Gasteiger partial charge in [0.05, 0.1) is 5.33 Å². The predicted octanol–water partition coefficient (Wildman–Crippen LogP) is 0.701. The Hall–Kier alpha value is -1.14. The number of halogens is 1. The van der Waals surface area contributed by atoms with Crippen molar-refractivity contribution in [1.82, 2.24) is 4.98 Å². The summed E-state index contributed by atoms with van der Waals surface area (Å²) in [7, 11) is 0. The molecule has 1 rings (SSSR count). The fourth-order valence-electron chi connectivity index (χ4n) is 0.761. The topological polar surface area (TPSA) is 80.0 Å². The smallest absolute Gasteiger partial charge is 0.236 e. The van der Waals surface area contributed by atoms with Crippen LogP contribution < -0.4 is 16.6 Å². The zero-order valence-electron chi connectivity index (χ0n) is 6.75. The van der Waals surface area contributed by atoms with Gasteiger partial charge in [-0.05, 0) is 12.1 Å². The predicted molar refractivity (Wildman–Crippen MR) is 54.5 cm³/mol. The Bertz CT molecular complexity index is 304. The maximum atomic E-state index is 10.9. The van der Waals surface area contributed by atoms with Gasteiger partial charge in [-0.3, -0.25) is 4.79 Å². The van der Waals surface area contributed by atoms with Crippen molar-refractivity contribution >= 4 is 33.5 Å². The van der Waals surface area contributed by atoms with Crippen molar-refractivity contribution in [1.29, 1.82) is 0 Å². The largest absolute Gasteiger partial charge is 0.310 e. The van der Waals surface area contributed by atoms with E-state index in [2.05, 4.69) is 31.7 Å². The summed E-state index contributed by atoms with van der Waals surface area (Å²) in [6.07, 6.45) is 0. The number of aromatic nitrogens is 1. The summed E-state index contributed by atoms with van der Waals surface area (Å²) in [6, 6.07) is 5.12. The van der Waals surface area contributed by atoms with Crippen molar-refractivity contribution in [2.45, 2.75) is 0 Å². The van der Waals surface area contributed by atoms with Crippen LogP contribution in [0.15, 0.2) is 18.2 Å². The van der Waals surface area contributed by atoms with Crippen LogP contribution in [0.5, 0.6) is 0 Å². The molecule has 0 saturated heterocycles. The number of hydrogen-bond donors (Lipinski definition) is 3. The first-order chi connectivity index (χ1) is 6.26. The number of hydrazine groups is 1. The number of anilines is 2. The Morgan fingerprint density at radius 1 is 1.54 bits per heavy atom. The van der Waals surface area contributed by atoms with Gasteiger partial charge in [0, 0.05) is 0 Å². The Balaban J connectivity index is 2.71. The van der Waals surface area contributed by atoms with Gasteiger partial charge in [-0.1, -0.05) is 22.0 Å². The maximum Gasteiger partial charge on any atom is 0.236 e. The van der Waals surface area contributed by atoms with E-state index in [1.165, 1.54) is 0 Å². The highest BCUT2D eigenvalue weighted by molar-refractivity contribution is 9.09. The number of carbonyl (C=O) groups is 1. The highest BCUT2D eigenvalue weighted by Crippen LogP contribution is 2.07. The van der Waals surface area contributed by atoms with E-state index in [9.17, 15) is 4.79 Å². The minimum atomic E-state index is -0.151.